The van der Waals surface area contributed by atoms with Gasteiger partial charge in [-0.15, -0.1) is 0 Å². The summed E-state index contributed by atoms with van der Waals surface area (Å²) >= 11 is 0. The van der Waals surface area contributed by atoms with Gasteiger partial charge >= 0.3 is 0 Å². The molecule has 0 radical (unpaired) electrons. The first-order valence-electron chi connectivity index (χ1n) is 10.5. The minimum Gasteiger partial charge on any atom is -0.492 e. The summed E-state index contributed by atoms with van der Waals surface area (Å²) in [6.07, 6.45) is 2.70. The lowest BCUT2D eigenvalue weighted by Crippen LogP contribution is -2.52. The number of ether oxygens (including phenoxy) is 2. The molecule has 1 atom stereocenters. The second-order valence-corrected chi connectivity index (χ2v) is 9.33. The minimum absolute atomic E-state index is 0.0405. The molecule has 2 N–H and O–H groups in total. The summed E-state index contributed by atoms with van der Waals surface area (Å²) < 4.78 is 34.6. The Labute approximate surface area is 182 Å². The summed E-state index contributed by atoms with van der Waals surface area (Å²) in [4.78, 5) is 17.1. The van der Waals surface area contributed by atoms with Crippen LogP contribution in [0, 0.1) is 0 Å². The maximum absolute atomic E-state index is 13.0. The molecule has 0 spiro atoms. The molecule has 0 bridgehead atoms. The number of nitrogens with zero attached hydrogens (tertiary/aromatic N) is 2. The molecular weight excluding hydrogens is 418 g/mol. The highest BCUT2D eigenvalue weighted by Crippen LogP contribution is 2.33. The number of rotatable bonds is 6. The fourth-order valence-electron chi connectivity index (χ4n) is 3.96. The number of carbonyl (C=O) groups is 1. The van der Waals surface area contributed by atoms with Gasteiger partial charge in [-0.3, -0.25) is 4.79 Å². The highest BCUT2D eigenvalue weighted by atomic mass is 32.2. The third-order valence-corrected chi connectivity index (χ3v) is 6.52. The number of hydrogen-bond donors (Lipinski definition) is 1. The van der Waals surface area contributed by atoms with Gasteiger partial charge in [0.25, 0.3) is 5.91 Å². The fraction of sp³-hybridized carbons (Fsp3) is 0.409. The first-order valence-corrected chi connectivity index (χ1v) is 12.0. The van der Waals surface area contributed by atoms with E-state index in [-0.39, 0.29) is 10.8 Å². The van der Waals surface area contributed by atoms with Gasteiger partial charge in [-0.05, 0) is 55.7 Å². The van der Waals surface area contributed by atoms with E-state index in [2.05, 4.69) is 4.90 Å². The lowest BCUT2D eigenvalue weighted by atomic mass is 10.1. The Morgan fingerprint density at radius 3 is 2.48 bits per heavy atom. The predicted molar refractivity (Wildman–Crippen MR) is 117 cm³/mol. The van der Waals surface area contributed by atoms with Crippen LogP contribution >= 0.6 is 0 Å². The van der Waals surface area contributed by atoms with Gasteiger partial charge in [-0.2, -0.15) is 0 Å². The molecule has 2 aliphatic heterocycles. The number of hydrogen-bond acceptors (Lipinski definition) is 6. The first kappa shape index (κ1) is 21.5. The zero-order chi connectivity index (χ0) is 21.8. The molecule has 2 aliphatic rings. The third kappa shape index (κ3) is 5.11. The zero-order valence-electron chi connectivity index (χ0n) is 17.3. The molecule has 9 heteroatoms. The van der Waals surface area contributed by atoms with Crippen molar-refractivity contribution in [2.45, 2.75) is 30.3 Å². The van der Waals surface area contributed by atoms with Crippen molar-refractivity contribution in [3.63, 3.8) is 0 Å². The summed E-state index contributed by atoms with van der Waals surface area (Å²) in [5.74, 6) is 1.29. The average molecular weight is 446 g/mol. The van der Waals surface area contributed by atoms with Gasteiger partial charge in [0.05, 0.1) is 23.7 Å². The van der Waals surface area contributed by atoms with Crippen LogP contribution in [-0.4, -0.2) is 58.1 Å². The highest BCUT2D eigenvalue weighted by Gasteiger charge is 2.33. The van der Waals surface area contributed by atoms with Crippen molar-refractivity contribution >= 4 is 21.6 Å². The Morgan fingerprint density at radius 1 is 1.06 bits per heavy atom. The second kappa shape index (κ2) is 9.15. The molecule has 8 nitrogen and oxygen atoms in total. The van der Waals surface area contributed by atoms with Gasteiger partial charge in [-0.25, -0.2) is 13.6 Å². The SMILES string of the molecule is NS(=O)(=O)c1ccc(OCCN2C[C@H](C(=O)N3CCCCC3)Oc3ccccc32)cc1. The van der Waals surface area contributed by atoms with Gasteiger partial charge in [0.2, 0.25) is 10.0 Å². The van der Waals surface area contributed by atoms with E-state index < -0.39 is 16.1 Å². The lowest BCUT2D eigenvalue weighted by molar-refractivity contribution is -0.139. The van der Waals surface area contributed by atoms with E-state index in [0.717, 1.165) is 31.6 Å². The zero-order valence-corrected chi connectivity index (χ0v) is 18.1. The monoisotopic (exact) mass is 445 g/mol. The van der Waals surface area contributed by atoms with E-state index >= 15 is 0 Å². The number of benzene rings is 2. The van der Waals surface area contributed by atoms with Gasteiger partial charge in [0, 0.05) is 13.1 Å². The van der Waals surface area contributed by atoms with Gasteiger partial charge < -0.3 is 19.3 Å². The van der Waals surface area contributed by atoms with Crippen molar-refractivity contribution in [3.05, 3.63) is 48.5 Å². The maximum atomic E-state index is 13.0. The van der Waals surface area contributed by atoms with Crippen LogP contribution in [0.15, 0.2) is 53.4 Å². The van der Waals surface area contributed by atoms with E-state index in [9.17, 15) is 13.2 Å². The Bertz CT molecular complexity index is 1020. The van der Waals surface area contributed by atoms with Crippen molar-refractivity contribution in [3.8, 4) is 11.5 Å². The van der Waals surface area contributed by atoms with Crippen molar-refractivity contribution < 1.29 is 22.7 Å². The molecule has 31 heavy (non-hydrogen) atoms. The molecule has 0 saturated carbocycles. The maximum Gasteiger partial charge on any atom is 0.265 e. The van der Waals surface area contributed by atoms with Gasteiger partial charge in [-0.1, -0.05) is 12.1 Å². The van der Waals surface area contributed by atoms with Crippen LogP contribution in [0.2, 0.25) is 0 Å². The number of likely N-dealkylation sites (tertiary alicyclic amines) is 1. The Balaban J connectivity index is 1.41. The molecule has 1 amide bonds. The fourth-order valence-corrected chi connectivity index (χ4v) is 4.48. The third-order valence-electron chi connectivity index (χ3n) is 5.59. The quantitative estimate of drug-likeness (QED) is 0.730. The Hall–Kier alpha value is -2.78. The van der Waals surface area contributed by atoms with Crippen LogP contribution < -0.4 is 19.5 Å². The number of para-hydroxylation sites is 2. The van der Waals surface area contributed by atoms with Crippen molar-refractivity contribution in [1.29, 1.82) is 0 Å². The summed E-state index contributed by atoms with van der Waals surface area (Å²) in [7, 11) is -3.73. The van der Waals surface area contributed by atoms with E-state index in [4.69, 9.17) is 14.6 Å². The Kier molecular flexibility index (Phi) is 6.33. The normalized spacial score (nSPS) is 18.8. The van der Waals surface area contributed by atoms with Crippen LogP contribution in [0.1, 0.15) is 19.3 Å². The second-order valence-electron chi connectivity index (χ2n) is 7.77. The van der Waals surface area contributed by atoms with Crippen LogP contribution in [0.4, 0.5) is 5.69 Å². The number of fused-ring (bicyclic) bond motifs is 1. The van der Waals surface area contributed by atoms with E-state index in [0.29, 0.717) is 31.2 Å². The van der Waals surface area contributed by atoms with Crippen LogP contribution in [0.3, 0.4) is 0 Å². The van der Waals surface area contributed by atoms with Crippen LogP contribution in [0.5, 0.6) is 11.5 Å². The summed E-state index contributed by atoms with van der Waals surface area (Å²) in [6, 6.07) is 13.7. The predicted octanol–water partition coefficient (Wildman–Crippen LogP) is 1.99. The van der Waals surface area contributed by atoms with Crippen LogP contribution in [0.25, 0.3) is 0 Å². The van der Waals surface area contributed by atoms with E-state index in [1.54, 1.807) is 12.1 Å². The highest BCUT2D eigenvalue weighted by molar-refractivity contribution is 7.89. The smallest absolute Gasteiger partial charge is 0.265 e. The number of sulfonamides is 1. The summed E-state index contributed by atoms with van der Waals surface area (Å²) in [5.41, 5.74) is 0.929. The summed E-state index contributed by atoms with van der Waals surface area (Å²) in [6.45, 7) is 2.96. The molecule has 4 rings (SSSR count). The molecule has 2 heterocycles. The Morgan fingerprint density at radius 2 is 1.77 bits per heavy atom. The molecule has 0 aliphatic carbocycles. The molecule has 1 saturated heterocycles. The van der Waals surface area contributed by atoms with E-state index in [1.165, 1.54) is 18.6 Å². The number of amides is 1. The van der Waals surface area contributed by atoms with Crippen molar-refractivity contribution in [2.75, 3.05) is 37.7 Å². The first-order chi connectivity index (χ1) is 14.9. The number of primary sulfonamides is 1. The van der Waals surface area contributed by atoms with Gasteiger partial charge in [0.15, 0.2) is 6.10 Å². The molecule has 2 aromatic carbocycles. The van der Waals surface area contributed by atoms with Crippen LogP contribution in [-0.2, 0) is 14.8 Å². The molecular formula is C22H27N3O5S. The largest absolute Gasteiger partial charge is 0.492 e. The van der Waals surface area contributed by atoms with E-state index in [1.807, 2.05) is 29.2 Å². The van der Waals surface area contributed by atoms with Gasteiger partial charge in [0.1, 0.15) is 18.1 Å². The van der Waals surface area contributed by atoms with Crippen molar-refractivity contribution in [1.82, 2.24) is 4.90 Å². The minimum atomic E-state index is -3.73. The average Bonchev–Trinajstić information content (AvgIpc) is 2.79. The molecule has 166 valence electrons. The number of piperidine rings is 1. The standard InChI is InChI=1S/C22H27N3O5S/c23-31(27,28)18-10-8-17(9-11-18)29-15-14-25-16-21(22(26)24-12-4-1-5-13-24)30-20-7-3-2-6-19(20)25/h2-3,6-11,21H,1,4-5,12-16H2,(H2,23,27,28)/t21-/m1/s1. The molecule has 0 aromatic heterocycles. The number of anilines is 1. The molecule has 0 unspecified atom stereocenters. The number of carbonyl (C=O) groups excluding carboxylic acids is 1. The number of nitrogens with two attached hydrogens (primary N) is 1. The summed E-state index contributed by atoms with van der Waals surface area (Å²) in [5, 5.41) is 5.12. The topological polar surface area (TPSA) is 102 Å². The lowest BCUT2D eigenvalue weighted by Gasteiger charge is -2.38. The molecule has 2 aromatic rings. The molecule has 1 fully saturated rings. The van der Waals surface area contributed by atoms with Crippen molar-refractivity contribution in [2.24, 2.45) is 5.14 Å².